The van der Waals surface area contributed by atoms with Crippen LogP contribution >= 0.6 is 31.5 Å². The number of halogens is 2. The molecule has 18 heteroatoms. The summed E-state index contributed by atoms with van der Waals surface area (Å²) in [6, 6.07) is 17.0. The van der Waals surface area contributed by atoms with E-state index in [0.717, 1.165) is 0 Å². The van der Waals surface area contributed by atoms with E-state index in [4.69, 9.17) is 41.7 Å². The van der Waals surface area contributed by atoms with Gasteiger partial charge in [0.15, 0.2) is 11.6 Å². The highest BCUT2D eigenvalue weighted by molar-refractivity contribution is 7.33. The molecule has 4 aromatic carbocycles. The smallest absolute Gasteiger partial charge is 0.319 e. The summed E-state index contributed by atoms with van der Waals surface area (Å²) in [6.07, 6.45) is 0. The van der Waals surface area contributed by atoms with Crippen molar-refractivity contribution >= 4 is 65.8 Å². The molecule has 0 aromatic heterocycles. The van der Waals surface area contributed by atoms with Gasteiger partial charge in [0.05, 0.1) is 33.1 Å². The molecule has 0 atom stereocenters. The number of nitro benzene ring substituents is 2. The molecule has 4 aromatic rings. The molecular formula is C32H29Cl2N4O11P. The quantitative estimate of drug-likeness (QED) is 0.0322. The molecular weight excluding hydrogens is 718 g/mol. The van der Waals surface area contributed by atoms with Crippen LogP contribution in [0.15, 0.2) is 72.8 Å². The second kappa shape index (κ2) is 17.6. The first kappa shape index (κ1) is 37.8. The van der Waals surface area contributed by atoms with Crippen LogP contribution in [-0.2, 0) is 13.6 Å². The SMILES string of the molecule is CC(=O)c1ccc(Oc2ccc([N+](=O)[O-])c(NCCO[PH](=O)OCCNc3cc(Oc4ccc(C(C)=O)cc4Cl)ccc3[N+](=O)[O-])c2)c(Cl)c1. The van der Waals surface area contributed by atoms with E-state index in [9.17, 15) is 34.4 Å². The van der Waals surface area contributed by atoms with Gasteiger partial charge in [0, 0.05) is 48.5 Å². The lowest BCUT2D eigenvalue weighted by molar-refractivity contribution is -0.384. The molecule has 0 amide bonds. The van der Waals surface area contributed by atoms with E-state index in [1.807, 2.05) is 0 Å². The molecule has 0 radical (unpaired) electrons. The largest absolute Gasteiger partial charge is 0.456 e. The van der Waals surface area contributed by atoms with Crippen molar-refractivity contribution in [1.82, 2.24) is 0 Å². The van der Waals surface area contributed by atoms with Gasteiger partial charge >= 0.3 is 8.25 Å². The highest BCUT2D eigenvalue weighted by Crippen LogP contribution is 2.36. The maximum Gasteiger partial charge on any atom is 0.319 e. The molecule has 0 spiro atoms. The van der Waals surface area contributed by atoms with Crippen LogP contribution in [-0.4, -0.2) is 47.7 Å². The molecule has 0 unspecified atom stereocenters. The fourth-order valence-electron chi connectivity index (χ4n) is 4.30. The summed E-state index contributed by atoms with van der Waals surface area (Å²) in [5.74, 6) is 0.587. The Morgan fingerprint density at radius 1 is 0.680 bits per heavy atom. The molecule has 0 aliphatic carbocycles. The molecule has 262 valence electrons. The van der Waals surface area contributed by atoms with Gasteiger partial charge in [-0.3, -0.25) is 34.4 Å². The molecule has 0 bridgehead atoms. The van der Waals surface area contributed by atoms with Crippen LogP contribution in [0.1, 0.15) is 34.6 Å². The minimum Gasteiger partial charge on any atom is -0.456 e. The summed E-state index contributed by atoms with van der Waals surface area (Å²) in [4.78, 5) is 45.1. The van der Waals surface area contributed by atoms with Crippen molar-refractivity contribution in [2.75, 3.05) is 36.9 Å². The fraction of sp³-hybridized carbons (Fsp3) is 0.188. The summed E-state index contributed by atoms with van der Waals surface area (Å²) in [5, 5.41) is 29.1. The Labute approximate surface area is 295 Å². The number of rotatable bonds is 18. The highest BCUT2D eigenvalue weighted by Gasteiger charge is 2.18. The van der Waals surface area contributed by atoms with Crippen molar-refractivity contribution in [3.8, 4) is 23.0 Å². The number of nitrogens with zero attached hydrogens (tertiary/aromatic N) is 2. The zero-order chi connectivity index (χ0) is 36.4. The second-order valence-electron chi connectivity index (χ2n) is 10.3. The van der Waals surface area contributed by atoms with Crippen LogP contribution in [0.3, 0.4) is 0 Å². The lowest BCUT2D eigenvalue weighted by Gasteiger charge is -2.12. The van der Waals surface area contributed by atoms with Gasteiger partial charge in [-0.2, -0.15) is 0 Å². The van der Waals surface area contributed by atoms with Crippen LogP contribution in [0, 0.1) is 20.2 Å². The predicted octanol–water partition coefficient (Wildman–Crippen LogP) is 8.75. The van der Waals surface area contributed by atoms with Gasteiger partial charge in [0.25, 0.3) is 11.4 Å². The molecule has 50 heavy (non-hydrogen) atoms. The number of Topliss-reactive ketones (excluding diaryl/α,β-unsaturated/α-hetero) is 2. The van der Waals surface area contributed by atoms with Crippen LogP contribution in [0.5, 0.6) is 23.0 Å². The van der Waals surface area contributed by atoms with Crippen LogP contribution < -0.4 is 20.1 Å². The molecule has 0 fully saturated rings. The normalized spacial score (nSPS) is 10.8. The Morgan fingerprint density at radius 2 is 1.08 bits per heavy atom. The number of anilines is 2. The van der Waals surface area contributed by atoms with E-state index in [2.05, 4.69) is 10.6 Å². The van der Waals surface area contributed by atoms with Crippen molar-refractivity contribution in [1.29, 1.82) is 0 Å². The number of hydrogen-bond acceptors (Lipinski definition) is 13. The molecule has 2 N–H and O–H groups in total. The fourth-order valence-corrected chi connectivity index (χ4v) is 5.36. The van der Waals surface area contributed by atoms with E-state index in [1.165, 1.54) is 74.5 Å². The number of benzene rings is 4. The maximum absolute atomic E-state index is 12.3. The first-order valence-electron chi connectivity index (χ1n) is 14.6. The monoisotopic (exact) mass is 746 g/mol. The standard InChI is InChI=1S/C32H29Cl2N4O11P/c1-19(39)21-3-9-31(25(33)15-21)48-23-5-7-29(37(41)42)27(17-23)35-11-13-46-50(45)47-14-12-36-28-18-24(6-8-30(28)38(43)44)49-32-10-4-22(20(2)40)16-26(32)34/h3-10,15-18,35-36,50H,11-14H2,1-2H3. The minimum atomic E-state index is -3.00. The number of nitrogens with one attached hydrogen (secondary N) is 2. The summed E-state index contributed by atoms with van der Waals surface area (Å²) >= 11 is 12.4. The number of ether oxygens (including phenoxy) is 2. The molecule has 4 rings (SSSR count). The van der Waals surface area contributed by atoms with E-state index in [1.54, 1.807) is 12.1 Å². The average molecular weight is 747 g/mol. The van der Waals surface area contributed by atoms with Gasteiger partial charge in [0.2, 0.25) is 0 Å². The third-order valence-corrected chi connectivity index (χ3v) is 8.21. The zero-order valence-corrected chi connectivity index (χ0v) is 28.9. The summed E-state index contributed by atoms with van der Waals surface area (Å²) in [5.41, 5.74) is 0.496. The van der Waals surface area contributed by atoms with Crippen LogP contribution in [0.4, 0.5) is 22.7 Å². The van der Waals surface area contributed by atoms with Gasteiger partial charge in [-0.15, -0.1) is 0 Å². The predicted molar refractivity (Wildman–Crippen MR) is 187 cm³/mol. The van der Waals surface area contributed by atoms with E-state index in [-0.39, 0.29) is 93.7 Å². The number of ketones is 2. The molecule has 0 aliphatic rings. The minimum absolute atomic E-state index is 0.0108. The van der Waals surface area contributed by atoms with Gasteiger partial charge < -0.3 is 29.2 Å². The highest BCUT2D eigenvalue weighted by atomic mass is 35.5. The lowest BCUT2D eigenvalue weighted by Crippen LogP contribution is -2.11. The van der Waals surface area contributed by atoms with Crippen molar-refractivity contribution in [3.63, 3.8) is 0 Å². The van der Waals surface area contributed by atoms with Crippen molar-refractivity contribution < 1.29 is 42.5 Å². The number of hydrogen-bond donors (Lipinski definition) is 2. The third kappa shape index (κ3) is 10.5. The topological polar surface area (TPSA) is 198 Å². The van der Waals surface area contributed by atoms with Gasteiger partial charge in [-0.1, -0.05) is 23.2 Å². The van der Waals surface area contributed by atoms with Crippen LogP contribution in [0.2, 0.25) is 10.0 Å². The van der Waals surface area contributed by atoms with Gasteiger partial charge in [-0.05, 0) is 62.4 Å². The Morgan fingerprint density at radius 3 is 1.42 bits per heavy atom. The van der Waals surface area contributed by atoms with Gasteiger partial charge in [-0.25, -0.2) is 0 Å². The maximum atomic E-state index is 12.3. The molecule has 0 aliphatic heterocycles. The first-order valence-corrected chi connectivity index (χ1v) is 16.6. The first-order chi connectivity index (χ1) is 23.8. The summed E-state index contributed by atoms with van der Waals surface area (Å²) in [7, 11) is -3.00. The third-order valence-electron chi connectivity index (χ3n) is 6.74. The molecule has 0 saturated carbocycles. The summed E-state index contributed by atoms with van der Waals surface area (Å²) < 4.78 is 34.2. The Kier molecular flexibility index (Phi) is 13.3. The molecule has 0 heterocycles. The molecule has 15 nitrogen and oxygen atoms in total. The number of nitro groups is 2. The Balaban J connectivity index is 1.27. The number of carbonyl (C=O) groups excluding carboxylic acids is 2. The van der Waals surface area contributed by atoms with E-state index in [0.29, 0.717) is 11.1 Å². The van der Waals surface area contributed by atoms with Crippen molar-refractivity contribution in [3.05, 3.63) is 114 Å². The van der Waals surface area contributed by atoms with E-state index < -0.39 is 18.1 Å². The van der Waals surface area contributed by atoms with Gasteiger partial charge in [0.1, 0.15) is 34.4 Å². The Hall–Kier alpha value is -5.05. The molecule has 0 saturated heterocycles. The Bertz CT molecular complexity index is 1820. The zero-order valence-electron chi connectivity index (χ0n) is 26.4. The average Bonchev–Trinajstić information content (AvgIpc) is 3.06. The number of carbonyl (C=O) groups is 2. The van der Waals surface area contributed by atoms with Crippen LogP contribution in [0.25, 0.3) is 0 Å². The summed E-state index contributed by atoms with van der Waals surface area (Å²) in [6.45, 7) is 2.53. The van der Waals surface area contributed by atoms with E-state index >= 15 is 0 Å². The van der Waals surface area contributed by atoms with Crippen molar-refractivity contribution in [2.24, 2.45) is 0 Å². The second-order valence-corrected chi connectivity index (χ2v) is 12.2. The lowest BCUT2D eigenvalue weighted by atomic mass is 10.1. The van der Waals surface area contributed by atoms with Crippen molar-refractivity contribution in [2.45, 2.75) is 13.8 Å².